The van der Waals surface area contributed by atoms with Gasteiger partial charge < -0.3 is 23.5 Å². The van der Waals surface area contributed by atoms with Crippen LogP contribution in [0.1, 0.15) is 27.5 Å². The summed E-state index contributed by atoms with van der Waals surface area (Å²) in [4.78, 5) is 39.4. The molecule has 0 aliphatic carbocycles. The first-order valence-electron chi connectivity index (χ1n) is 11.0. The van der Waals surface area contributed by atoms with E-state index in [4.69, 9.17) is 9.15 Å². The van der Waals surface area contributed by atoms with Gasteiger partial charge >= 0.3 is 5.97 Å². The topological polar surface area (TPSA) is 111 Å². The number of esters is 1. The molecular formula is C24H26N4O6. The van der Waals surface area contributed by atoms with E-state index in [2.05, 4.69) is 4.90 Å². The van der Waals surface area contributed by atoms with Crippen molar-refractivity contribution in [2.24, 2.45) is 0 Å². The van der Waals surface area contributed by atoms with Crippen LogP contribution in [0.2, 0.25) is 0 Å². The maximum absolute atomic E-state index is 12.6. The number of amides is 1. The van der Waals surface area contributed by atoms with Gasteiger partial charge in [-0.05, 0) is 44.2 Å². The molecule has 2 aromatic heterocycles. The number of non-ortho nitro benzene ring substituents is 1. The molecular weight excluding hydrogens is 440 g/mol. The van der Waals surface area contributed by atoms with Crippen LogP contribution in [0.25, 0.3) is 0 Å². The van der Waals surface area contributed by atoms with E-state index in [0.29, 0.717) is 38.3 Å². The Balaban J connectivity index is 1.29. The number of carbonyl (C=O) groups excluding carboxylic acids is 2. The Labute approximate surface area is 196 Å². The van der Waals surface area contributed by atoms with E-state index in [-0.39, 0.29) is 18.2 Å². The number of piperazine rings is 1. The lowest BCUT2D eigenvalue weighted by Gasteiger charge is -2.36. The van der Waals surface area contributed by atoms with Gasteiger partial charge in [-0.2, -0.15) is 0 Å². The number of nitro benzene ring substituents is 1. The Morgan fingerprint density at radius 1 is 1.09 bits per heavy atom. The van der Waals surface area contributed by atoms with Crippen LogP contribution >= 0.6 is 0 Å². The van der Waals surface area contributed by atoms with Crippen molar-refractivity contribution in [2.45, 2.75) is 20.4 Å². The van der Waals surface area contributed by atoms with E-state index < -0.39 is 10.9 Å². The molecule has 1 aromatic carbocycles. The molecule has 0 bridgehead atoms. The number of carbonyl (C=O) groups is 2. The normalized spacial score (nSPS) is 13.7. The van der Waals surface area contributed by atoms with E-state index in [9.17, 15) is 19.7 Å². The number of aryl methyl sites for hydroxylation is 1. The molecule has 1 saturated heterocycles. The zero-order valence-corrected chi connectivity index (χ0v) is 19.1. The summed E-state index contributed by atoms with van der Waals surface area (Å²) < 4.78 is 12.7. The number of furan rings is 1. The summed E-state index contributed by atoms with van der Waals surface area (Å²) >= 11 is 0. The van der Waals surface area contributed by atoms with Gasteiger partial charge in [0.1, 0.15) is 5.76 Å². The number of rotatable bonds is 7. The number of hydrogen-bond acceptors (Lipinski definition) is 7. The minimum atomic E-state index is -0.531. The van der Waals surface area contributed by atoms with E-state index in [1.807, 2.05) is 30.5 Å². The highest BCUT2D eigenvalue weighted by Crippen LogP contribution is 2.21. The van der Waals surface area contributed by atoms with Crippen LogP contribution in [-0.4, -0.2) is 59.1 Å². The monoisotopic (exact) mass is 466 g/mol. The van der Waals surface area contributed by atoms with E-state index in [1.165, 1.54) is 12.1 Å². The summed E-state index contributed by atoms with van der Waals surface area (Å²) in [6.07, 6.45) is 1.61. The molecule has 1 amide bonds. The lowest BCUT2D eigenvalue weighted by molar-refractivity contribution is -0.384. The maximum Gasteiger partial charge on any atom is 0.340 e. The molecule has 0 spiro atoms. The molecule has 0 saturated carbocycles. The third-order valence-corrected chi connectivity index (χ3v) is 6.07. The zero-order chi connectivity index (χ0) is 24.2. The Bertz CT molecular complexity index is 1180. The highest BCUT2D eigenvalue weighted by Gasteiger charge is 2.24. The first-order chi connectivity index (χ1) is 16.3. The van der Waals surface area contributed by atoms with Crippen LogP contribution in [0.3, 0.4) is 0 Å². The molecule has 1 aliphatic rings. The Morgan fingerprint density at radius 2 is 1.79 bits per heavy atom. The average Bonchev–Trinajstić information content (AvgIpc) is 3.46. The van der Waals surface area contributed by atoms with Gasteiger partial charge in [0.25, 0.3) is 11.6 Å². The fourth-order valence-electron chi connectivity index (χ4n) is 4.11. The van der Waals surface area contributed by atoms with Gasteiger partial charge in [-0.1, -0.05) is 0 Å². The van der Waals surface area contributed by atoms with Crippen molar-refractivity contribution in [2.75, 3.05) is 37.7 Å². The summed E-state index contributed by atoms with van der Waals surface area (Å²) in [6.45, 7) is 6.06. The van der Waals surface area contributed by atoms with Crippen molar-refractivity contribution in [1.29, 1.82) is 0 Å². The number of anilines is 1. The van der Waals surface area contributed by atoms with Gasteiger partial charge in [0, 0.05) is 55.4 Å². The molecule has 0 N–H and O–H groups in total. The fraction of sp³-hybridized carbons (Fsp3) is 0.333. The number of hydrogen-bond donors (Lipinski definition) is 0. The van der Waals surface area contributed by atoms with E-state index >= 15 is 0 Å². The van der Waals surface area contributed by atoms with Gasteiger partial charge in [0.05, 0.1) is 23.3 Å². The van der Waals surface area contributed by atoms with Gasteiger partial charge in [0.15, 0.2) is 6.61 Å². The predicted molar refractivity (Wildman–Crippen MR) is 124 cm³/mol. The minimum absolute atomic E-state index is 0.0427. The van der Waals surface area contributed by atoms with Crippen molar-refractivity contribution in [3.63, 3.8) is 0 Å². The molecule has 1 aliphatic heterocycles. The molecule has 0 unspecified atom stereocenters. The SMILES string of the molecule is Cc1cc(C(=O)OCC(=O)N2CCN(c3ccc([N+](=O)[O-])cc3)CC2)c(C)n1Cc1ccco1. The number of ether oxygens (including phenoxy) is 1. The number of benzene rings is 1. The zero-order valence-electron chi connectivity index (χ0n) is 19.1. The molecule has 3 aromatic rings. The first kappa shape index (κ1) is 23.1. The highest BCUT2D eigenvalue weighted by atomic mass is 16.6. The Kier molecular flexibility index (Phi) is 6.67. The number of aromatic nitrogens is 1. The Hall–Kier alpha value is -4.08. The molecule has 178 valence electrons. The smallest absolute Gasteiger partial charge is 0.340 e. The first-order valence-corrected chi connectivity index (χ1v) is 11.0. The predicted octanol–water partition coefficient (Wildman–Crippen LogP) is 3.16. The van der Waals surface area contributed by atoms with Crippen molar-refractivity contribution in [1.82, 2.24) is 9.47 Å². The molecule has 4 rings (SSSR count). The lowest BCUT2D eigenvalue weighted by Crippen LogP contribution is -2.49. The second kappa shape index (κ2) is 9.82. The molecule has 1 fully saturated rings. The average molecular weight is 466 g/mol. The van der Waals surface area contributed by atoms with E-state index in [1.54, 1.807) is 29.4 Å². The van der Waals surface area contributed by atoms with Crippen LogP contribution < -0.4 is 4.90 Å². The molecule has 34 heavy (non-hydrogen) atoms. The summed E-state index contributed by atoms with van der Waals surface area (Å²) in [5.41, 5.74) is 2.99. The van der Waals surface area contributed by atoms with Gasteiger partial charge in [-0.15, -0.1) is 0 Å². The summed E-state index contributed by atoms with van der Waals surface area (Å²) in [5.74, 6) is 0.00233. The van der Waals surface area contributed by atoms with Crippen LogP contribution in [0, 0.1) is 24.0 Å². The van der Waals surface area contributed by atoms with Crippen molar-refractivity contribution in [3.05, 3.63) is 81.6 Å². The highest BCUT2D eigenvalue weighted by molar-refractivity contribution is 5.92. The summed E-state index contributed by atoms with van der Waals surface area (Å²) in [5, 5.41) is 10.8. The largest absolute Gasteiger partial charge is 0.467 e. The molecule has 0 atom stereocenters. The third-order valence-electron chi connectivity index (χ3n) is 6.07. The fourth-order valence-corrected chi connectivity index (χ4v) is 4.11. The van der Waals surface area contributed by atoms with Crippen LogP contribution in [-0.2, 0) is 16.1 Å². The second-order valence-corrected chi connectivity index (χ2v) is 8.17. The summed E-state index contributed by atoms with van der Waals surface area (Å²) in [6, 6.07) is 11.8. The van der Waals surface area contributed by atoms with Crippen LogP contribution in [0.15, 0.2) is 53.1 Å². The molecule has 3 heterocycles. The van der Waals surface area contributed by atoms with E-state index in [0.717, 1.165) is 22.8 Å². The van der Waals surface area contributed by atoms with Gasteiger partial charge in [0.2, 0.25) is 0 Å². The van der Waals surface area contributed by atoms with Crippen LogP contribution in [0.4, 0.5) is 11.4 Å². The van der Waals surface area contributed by atoms with Crippen molar-refractivity contribution >= 4 is 23.3 Å². The standard InChI is InChI=1S/C24H26N4O6/c1-17-14-22(18(2)27(17)15-21-4-3-13-33-21)24(30)34-16-23(29)26-11-9-25(10-12-26)19-5-7-20(8-6-19)28(31)32/h3-8,13-14H,9-12,15-16H2,1-2H3. The van der Waals surface area contributed by atoms with Gasteiger partial charge in [-0.25, -0.2) is 4.79 Å². The minimum Gasteiger partial charge on any atom is -0.467 e. The number of nitro groups is 1. The quantitative estimate of drug-likeness (QED) is 0.299. The lowest BCUT2D eigenvalue weighted by atomic mass is 10.2. The van der Waals surface area contributed by atoms with Gasteiger partial charge in [-0.3, -0.25) is 14.9 Å². The maximum atomic E-state index is 12.6. The van der Waals surface area contributed by atoms with Crippen LogP contribution in [0.5, 0.6) is 0 Å². The molecule has 0 radical (unpaired) electrons. The molecule has 10 heteroatoms. The number of nitrogens with zero attached hydrogens (tertiary/aromatic N) is 4. The van der Waals surface area contributed by atoms with Crippen molar-refractivity contribution < 1.29 is 23.7 Å². The van der Waals surface area contributed by atoms with Crippen molar-refractivity contribution in [3.8, 4) is 0 Å². The summed E-state index contributed by atoms with van der Waals surface area (Å²) in [7, 11) is 0. The molecule has 10 nitrogen and oxygen atoms in total. The third kappa shape index (κ3) is 4.95. The Morgan fingerprint density at radius 3 is 2.41 bits per heavy atom. The second-order valence-electron chi connectivity index (χ2n) is 8.17.